The fourth-order valence-electron chi connectivity index (χ4n) is 2.39. The molecule has 0 saturated heterocycles. The van der Waals surface area contributed by atoms with Crippen LogP contribution in [0.3, 0.4) is 0 Å². The van der Waals surface area contributed by atoms with E-state index in [1.165, 1.54) is 6.07 Å². The highest BCUT2D eigenvalue weighted by molar-refractivity contribution is 9.10. The summed E-state index contributed by atoms with van der Waals surface area (Å²) in [5.74, 6) is -0.0284. The van der Waals surface area contributed by atoms with Crippen molar-refractivity contribution < 1.29 is 9.90 Å². The Bertz CT molecular complexity index is 700. The molecule has 2 aromatic carbocycles. The van der Waals surface area contributed by atoms with Gasteiger partial charge in [-0.2, -0.15) is 0 Å². The van der Waals surface area contributed by atoms with Gasteiger partial charge in [0.25, 0.3) is 5.91 Å². The van der Waals surface area contributed by atoms with E-state index in [2.05, 4.69) is 15.9 Å². The molecule has 0 aliphatic carbocycles. The maximum Gasteiger partial charge on any atom is 0.254 e. The summed E-state index contributed by atoms with van der Waals surface area (Å²) in [6.07, 6.45) is 0. The van der Waals surface area contributed by atoms with E-state index < -0.39 is 0 Å². The normalized spacial score (nSPS) is 13.3. The fraction of sp³-hybridized carbons (Fsp3) is 0.133. The molecule has 1 aliphatic rings. The lowest BCUT2D eigenvalue weighted by atomic mass is 10.1. The minimum absolute atomic E-state index is 0.0665. The number of fused-ring (bicyclic) bond motifs is 1. The first-order valence-electron chi connectivity index (χ1n) is 6.19. The average molecular weight is 333 g/mol. The molecule has 102 valence electrons. The second-order valence-electron chi connectivity index (χ2n) is 4.86. The Morgan fingerprint density at radius 1 is 1.15 bits per heavy atom. The standard InChI is InChI=1S/C15H13BrN2O2/c16-13-4-2-9(6-14(13)19)15(20)18-7-10-1-3-12(17)5-11(10)8-18/h1-6,19H,7-8,17H2. The van der Waals surface area contributed by atoms with Crippen molar-refractivity contribution >= 4 is 27.5 Å². The van der Waals surface area contributed by atoms with Crippen LogP contribution in [0, 0.1) is 0 Å². The van der Waals surface area contributed by atoms with Gasteiger partial charge in [0.05, 0.1) is 4.47 Å². The van der Waals surface area contributed by atoms with Gasteiger partial charge in [0.2, 0.25) is 0 Å². The van der Waals surface area contributed by atoms with Crippen molar-refractivity contribution in [2.75, 3.05) is 5.73 Å². The van der Waals surface area contributed by atoms with Gasteiger partial charge in [-0.05, 0) is 57.4 Å². The number of carbonyl (C=O) groups excluding carboxylic acids is 1. The molecule has 1 heterocycles. The smallest absolute Gasteiger partial charge is 0.254 e. The zero-order valence-corrected chi connectivity index (χ0v) is 12.2. The van der Waals surface area contributed by atoms with Crippen molar-refractivity contribution in [3.8, 4) is 5.75 Å². The van der Waals surface area contributed by atoms with Gasteiger partial charge in [0, 0.05) is 24.3 Å². The second-order valence-corrected chi connectivity index (χ2v) is 5.71. The van der Waals surface area contributed by atoms with Crippen LogP contribution in [0.5, 0.6) is 5.75 Å². The molecule has 0 spiro atoms. The number of hydrogen-bond donors (Lipinski definition) is 2. The van der Waals surface area contributed by atoms with Crippen molar-refractivity contribution in [3.05, 3.63) is 57.6 Å². The van der Waals surface area contributed by atoms with Crippen molar-refractivity contribution in [2.45, 2.75) is 13.1 Å². The highest BCUT2D eigenvalue weighted by atomic mass is 79.9. The topological polar surface area (TPSA) is 66.6 Å². The van der Waals surface area contributed by atoms with E-state index in [0.717, 1.165) is 11.1 Å². The number of aromatic hydroxyl groups is 1. The summed E-state index contributed by atoms with van der Waals surface area (Å²) in [5.41, 5.74) is 9.15. The zero-order chi connectivity index (χ0) is 14.3. The number of nitrogens with two attached hydrogens (primary N) is 1. The number of nitrogen functional groups attached to an aromatic ring is 1. The highest BCUT2D eigenvalue weighted by Crippen LogP contribution is 2.28. The number of anilines is 1. The summed E-state index contributed by atoms with van der Waals surface area (Å²) in [5, 5.41) is 9.67. The summed E-state index contributed by atoms with van der Waals surface area (Å²) in [6.45, 7) is 1.13. The number of hydrogen-bond acceptors (Lipinski definition) is 3. The van der Waals surface area contributed by atoms with E-state index in [9.17, 15) is 9.90 Å². The molecule has 4 nitrogen and oxygen atoms in total. The molecule has 0 radical (unpaired) electrons. The summed E-state index contributed by atoms with van der Waals surface area (Å²) in [7, 11) is 0. The molecule has 0 saturated carbocycles. The largest absolute Gasteiger partial charge is 0.507 e. The van der Waals surface area contributed by atoms with Crippen LogP contribution in [0.25, 0.3) is 0 Å². The summed E-state index contributed by atoms with van der Waals surface area (Å²) >= 11 is 3.20. The molecule has 3 N–H and O–H groups in total. The van der Waals surface area contributed by atoms with Crippen molar-refractivity contribution in [1.82, 2.24) is 4.90 Å². The minimum atomic E-state index is -0.0948. The first kappa shape index (κ1) is 13.0. The Hall–Kier alpha value is -2.01. The molecular formula is C15H13BrN2O2. The first-order valence-corrected chi connectivity index (χ1v) is 6.99. The number of carbonyl (C=O) groups is 1. The Balaban J connectivity index is 1.85. The first-order chi connectivity index (χ1) is 9.54. The van der Waals surface area contributed by atoms with Crippen molar-refractivity contribution in [3.63, 3.8) is 0 Å². The summed E-state index contributed by atoms with van der Waals surface area (Å²) < 4.78 is 0.575. The summed E-state index contributed by atoms with van der Waals surface area (Å²) in [4.78, 5) is 14.2. The van der Waals surface area contributed by atoms with E-state index in [1.54, 1.807) is 17.0 Å². The molecule has 0 unspecified atom stereocenters. The molecule has 0 atom stereocenters. The predicted molar refractivity (Wildman–Crippen MR) is 80.2 cm³/mol. The second kappa shape index (κ2) is 4.83. The third kappa shape index (κ3) is 2.25. The molecule has 5 heteroatoms. The van der Waals surface area contributed by atoms with Crippen molar-refractivity contribution in [2.24, 2.45) is 0 Å². The number of rotatable bonds is 1. The number of phenolic OH excluding ortho intramolecular Hbond substituents is 1. The number of phenols is 1. The molecule has 0 bridgehead atoms. The number of nitrogens with zero attached hydrogens (tertiary/aromatic N) is 1. The molecule has 20 heavy (non-hydrogen) atoms. The van der Waals surface area contributed by atoms with E-state index in [4.69, 9.17) is 5.73 Å². The maximum absolute atomic E-state index is 12.4. The van der Waals surface area contributed by atoms with Crippen LogP contribution in [0.1, 0.15) is 21.5 Å². The highest BCUT2D eigenvalue weighted by Gasteiger charge is 2.24. The van der Waals surface area contributed by atoms with E-state index in [0.29, 0.717) is 28.8 Å². The van der Waals surface area contributed by atoms with Crippen LogP contribution in [0.4, 0.5) is 5.69 Å². The minimum Gasteiger partial charge on any atom is -0.507 e. The zero-order valence-electron chi connectivity index (χ0n) is 10.6. The Morgan fingerprint density at radius 3 is 2.65 bits per heavy atom. The Labute approximate surface area is 125 Å². The van der Waals surface area contributed by atoms with E-state index in [-0.39, 0.29) is 11.7 Å². The predicted octanol–water partition coefficient (Wildman–Crippen LogP) is 2.89. The Kier molecular flexibility index (Phi) is 3.14. The maximum atomic E-state index is 12.4. The van der Waals surface area contributed by atoms with Crippen LogP contribution >= 0.6 is 15.9 Å². The molecular weight excluding hydrogens is 320 g/mol. The van der Waals surface area contributed by atoms with Crippen LogP contribution in [-0.2, 0) is 13.1 Å². The lowest BCUT2D eigenvalue weighted by molar-refractivity contribution is 0.0751. The van der Waals surface area contributed by atoms with Gasteiger partial charge in [-0.3, -0.25) is 4.79 Å². The fourth-order valence-corrected chi connectivity index (χ4v) is 2.63. The monoisotopic (exact) mass is 332 g/mol. The number of amides is 1. The van der Waals surface area contributed by atoms with E-state index >= 15 is 0 Å². The van der Waals surface area contributed by atoms with Gasteiger partial charge >= 0.3 is 0 Å². The van der Waals surface area contributed by atoms with Crippen LogP contribution in [0.2, 0.25) is 0 Å². The van der Waals surface area contributed by atoms with Gasteiger partial charge in [0.15, 0.2) is 0 Å². The third-order valence-corrected chi connectivity index (χ3v) is 4.10. The van der Waals surface area contributed by atoms with Gasteiger partial charge < -0.3 is 15.7 Å². The lowest BCUT2D eigenvalue weighted by Crippen LogP contribution is -2.25. The molecule has 1 aliphatic heterocycles. The van der Waals surface area contributed by atoms with Crippen molar-refractivity contribution in [1.29, 1.82) is 0 Å². The van der Waals surface area contributed by atoms with Gasteiger partial charge in [-0.1, -0.05) is 6.07 Å². The molecule has 0 fully saturated rings. The number of halogens is 1. The van der Waals surface area contributed by atoms with Crippen LogP contribution in [-0.4, -0.2) is 15.9 Å². The third-order valence-electron chi connectivity index (χ3n) is 3.43. The SMILES string of the molecule is Nc1ccc2c(c1)CN(C(=O)c1ccc(Br)c(O)c1)C2. The van der Waals surface area contributed by atoms with Gasteiger partial charge in [0.1, 0.15) is 5.75 Å². The quantitative estimate of drug-likeness (QED) is 0.789. The van der Waals surface area contributed by atoms with Crippen LogP contribution in [0.15, 0.2) is 40.9 Å². The Morgan fingerprint density at radius 2 is 1.90 bits per heavy atom. The van der Waals surface area contributed by atoms with Gasteiger partial charge in [-0.15, -0.1) is 0 Å². The van der Waals surface area contributed by atoms with Crippen LogP contribution < -0.4 is 5.73 Å². The summed E-state index contributed by atoms with van der Waals surface area (Å²) in [6, 6.07) is 10.5. The van der Waals surface area contributed by atoms with Gasteiger partial charge in [-0.25, -0.2) is 0 Å². The molecule has 1 amide bonds. The van der Waals surface area contributed by atoms with E-state index in [1.807, 2.05) is 18.2 Å². The lowest BCUT2D eigenvalue weighted by Gasteiger charge is -2.15. The molecule has 2 aromatic rings. The average Bonchev–Trinajstić information content (AvgIpc) is 2.84. The number of benzene rings is 2. The molecule has 3 rings (SSSR count). The molecule has 0 aromatic heterocycles.